The molecule has 5 nitrogen and oxygen atoms in total. The van der Waals surface area contributed by atoms with Gasteiger partial charge in [0, 0.05) is 0 Å². The quantitative estimate of drug-likeness (QED) is 0.357. The van der Waals surface area contributed by atoms with Gasteiger partial charge in [-0.1, -0.05) is 0 Å². The van der Waals surface area contributed by atoms with Crippen LogP contribution in [-0.2, 0) is 22.1 Å². The summed E-state index contributed by atoms with van der Waals surface area (Å²) < 4.78 is 78.3. The van der Waals surface area contributed by atoms with Crippen molar-refractivity contribution in [3.8, 4) is 9.85 Å². The van der Waals surface area contributed by atoms with Crippen molar-refractivity contribution in [2.24, 2.45) is 0 Å². The van der Waals surface area contributed by atoms with Gasteiger partial charge in [0.2, 0.25) is 0 Å². The first kappa shape index (κ1) is 20.4. The van der Waals surface area contributed by atoms with Gasteiger partial charge in [0.1, 0.15) is 0 Å². The molecule has 1 aliphatic rings. The molecular formula is C15H16F3IO5S. The van der Waals surface area contributed by atoms with Crippen LogP contribution in [0.4, 0.5) is 13.2 Å². The van der Waals surface area contributed by atoms with Crippen molar-refractivity contribution in [1.29, 1.82) is 0 Å². The van der Waals surface area contributed by atoms with Crippen LogP contribution in [0.1, 0.15) is 19.3 Å². The van der Waals surface area contributed by atoms with E-state index < -0.39 is 35.9 Å². The van der Waals surface area contributed by atoms with Crippen molar-refractivity contribution in [1.82, 2.24) is 0 Å². The molecule has 0 spiro atoms. The van der Waals surface area contributed by atoms with Gasteiger partial charge >= 0.3 is 152 Å². The van der Waals surface area contributed by atoms with Gasteiger partial charge < -0.3 is 0 Å². The maximum atomic E-state index is 12.6. The van der Waals surface area contributed by atoms with Crippen LogP contribution in [0.3, 0.4) is 0 Å². The Labute approximate surface area is 151 Å². The molecule has 1 aromatic rings. The van der Waals surface area contributed by atoms with E-state index in [1.165, 1.54) is 12.1 Å². The second kappa shape index (κ2) is 9.18. The predicted molar refractivity (Wildman–Crippen MR) is 92.5 cm³/mol. The average Bonchev–Trinajstić information content (AvgIpc) is 2.58. The Morgan fingerprint density at radius 2 is 1.96 bits per heavy atom. The van der Waals surface area contributed by atoms with Gasteiger partial charge in [-0.05, 0) is 0 Å². The third-order valence-corrected chi connectivity index (χ3v) is 9.07. The number of benzene rings is 1. The van der Waals surface area contributed by atoms with Crippen LogP contribution in [-0.4, -0.2) is 33.4 Å². The first-order chi connectivity index (χ1) is 11.8. The molecule has 10 heteroatoms. The molecule has 0 N–H and O–H groups in total. The molecule has 1 unspecified atom stereocenters. The zero-order chi connectivity index (χ0) is 18.3. The molecule has 140 valence electrons. The molecule has 1 fully saturated rings. The normalized spacial score (nSPS) is 19.0. The number of ether oxygens (including phenoxy) is 2. The predicted octanol–water partition coefficient (Wildman–Crippen LogP) is 3.65. The summed E-state index contributed by atoms with van der Waals surface area (Å²) in [5, 5.41) is 0. The van der Waals surface area contributed by atoms with Crippen LogP contribution < -0.4 is 0 Å². The van der Waals surface area contributed by atoms with Crippen LogP contribution in [0.5, 0.6) is 0 Å². The Kier molecular flexibility index (Phi) is 7.51. The molecule has 1 aliphatic heterocycles. The number of halogens is 4. The molecule has 1 saturated heterocycles. The van der Waals surface area contributed by atoms with Gasteiger partial charge in [0.15, 0.2) is 0 Å². The zero-order valence-corrected chi connectivity index (χ0v) is 15.9. The standard InChI is InChI=1S/C15H16F3IO5S/c16-15(17,18)25(20,21)24-19(13-7-2-1-3-8-13)10-6-12-23-14-9-4-5-11-22-14/h1-3,7-8,14H,4-5,9,11-12H2. The molecule has 1 aromatic carbocycles. The van der Waals surface area contributed by atoms with Crippen LogP contribution in [0.2, 0.25) is 0 Å². The molecule has 0 radical (unpaired) electrons. The zero-order valence-electron chi connectivity index (χ0n) is 13.0. The molecule has 0 aliphatic carbocycles. The second-order valence-electron chi connectivity index (χ2n) is 4.89. The van der Waals surface area contributed by atoms with E-state index in [0.717, 1.165) is 19.3 Å². The van der Waals surface area contributed by atoms with Crippen molar-refractivity contribution < 1.29 is 33.6 Å². The Morgan fingerprint density at radius 3 is 2.56 bits per heavy atom. The van der Waals surface area contributed by atoms with Crippen LogP contribution >= 0.6 is 20.2 Å². The van der Waals surface area contributed by atoms with Crippen LogP contribution in [0.15, 0.2) is 30.3 Å². The van der Waals surface area contributed by atoms with E-state index in [9.17, 15) is 21.6 Å². The SMILES string of the molecule is O=S(=O)(OI(C#CCOC1CCCCO1)c1ccccc1)C(F)(F)F. The Balaban J connectivity index is 2.07. The monoisotopic (exact) mass is 492 g/mol. The fourth-order valence-corrected chi connectivity index (χ4v) is 6.97. The number of rotatable bonds is 5. The summed E-state index contributed by atoms with van der Waals surface area (Å²) in [4.78, 5) is 0. The van der Waals surface area contributed by atoms with E-state index >= 15 is 0 Å². The van der Waals surface area contributed by atoms with E-state index in [2.05, 4.69) is 12.4 Å². The molecule has 0 amide bonds. The minimum absolute atomic E-state index is 0.0685. The van der Waals surface area contributed by atoms with E-state index in [-0.39, 0.29) is 12.9 Å². The van der Waals surface area contributed by atoms with E-state index in [1.807, 2.05) is 0 Å². The van der Waals surface area contributed by atoms with E-state index in [4.69, 9.17) is 9.47 Å². The molecular weight excluding hydrogens is 476 g/mol. The van der Waals surface area contributed by atoms with Gasteiger partial charge in [-0.2, -0.15) is 0 Å². The Hall–Kier alpha value is -0.870. The number of alkyl halides is 3. The average molecular weight is 492 g/mol. The fourth-order valence-electron chi connectivity index (χ4n) is 1.82. The molecule has 1 heterocycles. The van der Waals surface area contributed by atoms with Crippen molar-refractivity contribution in [3.05, 3.63) is 33.9 Å². The Morgan fingerprint density at radius 1 is 1.24 bits per heavy atom. The molecule has 25 heavy (non-hydrogen) atoms. The third-order valence-electron chi connectivity index (χ3n) is 2.99. The minimum atomic E-state index is -5.70. The third kappa shape index (κ3) is 6.41. The topological polar surface area (TPSA) is 61.8 Å². The summed E-state index contributed by atoms with van der Waals surface area (Å²) in [6, 6.07) is 7.81. The summed E-state index contributed by atoms with van der Waals surface area (Å²) in [5.41, 5.74) is -5.48. The number of hydrogen-bond donors (Lipinski definition) is 0. The summed E-state index contributed by atoms with van der Waals surface area (Å²) in [6.07, 6.45) is 2.26. The van der Waals surface area contributed by atoms with Crippen molar-refractivity contribution in [2.75, 3.05) is 13.2 Å². The summed E-state index contributed by atoms with van der Waals surface area (Å²) >= 11 is -3.39. The van der Waals surface area contributed by atoms with Crippen molar-refractivity contribution in [2.45, 2.75) is 31.1 Å². The van der Waals surface area contributed by atoms with Crippen molar-refractivity contribution >= 4 is 30.4 Å². The van der Waals surface area contributed by atoms with Gasteiger partial charge in [-0.15, -0.1) is 0 Å². The molecule has 0 saturated carbocycles. The van der Waals surface area contributed by atoms with Crippen LogP contribution in [0, 0.1) is 13.4 Å². The van der Waals surface area contributed by atoms with Crippen LogP contribution in [0.25, 0.3) is 0 Å². The Bertz CT molecular complexity index is 706. The summed E-state index contributed by atoms with van der Waals surface area (Å²) in [6.45, 7) is 0.522. The summed E-state index contributed by atoms with van der Waals surface area (Å²) in [7, 11) is -5.70. The van der Waals surface area contributed by atoms with Gasteiger partial charge in [0.25, 0.3) is 0 Å². The van der Waals surface area contributed by atoms with Gasteiger partial charge in [-0.3, -0.25) is 0 Å². The molecule has 2 rings (SSSR count). The number of hydrogen-bond acceptors (Lipinski definition) is 5. The first-order valence-corrected chi connectivity index (χ1v) is 11.7. The fraction of sp³-hybridized carbons (Fsp3) is 0.467. The summed E-state index contributed by atoms with van der Waals surface area (Å²) in [5.74, 6) is 2.57. The van der Waals surface area contributed by atoms with Gasteiger partial charge in [0.05, 0.1) is 0 Å². The van der Waals surface area contributed by atoms with Crippen molar-refractivity contribution in [3.63, 3.8) is 0 Å². The maximum absolute atomic E-state index is 12.6. The van der Waals surface area contributed by atoms with Gasteiger partial charge in [-0.25, -0.2) is 0 Å². The first-order valence-electron chi connectivity index (χ1n) is 7.27. The molecule has 1 atom stereocenters. The second-order valence-corrected chi connectivity index (χ2v) is 10.7. The molecule has 0 aromatic heterocycles. The van der Waals surface area contributed by atoms with E-state index in [1.54, 1.807) is 18.2 Å². The molecule has 0 bridgehead atoms. The van der Waals surface area contributed by atoms with E-state index in [0.29, 0.717) is 10.2 Å².